The van der Waals surface area contributed by atoms with Crippen LogP contribution < -0.4 is 15.4 Å². The van der Waals surface area contributed by atoms with E-state index < -0.39 is 0 Å². The molecule has 0 atom stereocenters. The molecule has 2 N–H and O–H groups in total. The van der Waals surface area contributed by atoms with Gasteiger partial charge in [0.2, 0.25) is 5.91 Å². The number of nitrogens with one attached hydrogen (secondary N) is 2. The quantitative estimate of drug-likeness (QED) is 0.773. The van der Waals surface area contributed by atoms with Crippen LogP contribution in [-0.4, -0.2) is 36.1 Å². The highest BCUT2D eigenvalue weighted by Crippen LogP contribution is 2.16. The molecule has 2 aromatic rings. The van der Waals surface area contributed by atoms with Crippen LogP contribution in [0.1, 0.15) is 12.5 Å². The number of carbonyl (C=O) groups excluding carboxylic acids is 1. The molecular weight excluding hydrogens is 334 g/mol. The van der Waals surface area contributed by atoms with Crippen LogP contribution in [0.2, 0.25) is 0 Å². The van der Waals surface area contributed by atoms with E-state index in [0.29, 0.717) is 11.7 Å². The van der Waals surface area contributed by atoms with Gasteiger partial charge in [-0.05, 0) is 62.0 Å². The second-order valence-corrected chi connectivity index (χ2v) is 5.92. The van der Waals surface area contributed by atoms with Gasteiger partial charge in [-0.1, -0.05) is 18.2 Å². The van der Waals surface area contributed by atoms with Gasteiger partial charge >= 0.3 is 0 Å². The molecule has 0 spiro atoms. The van der Waals surface area contributed by atoms with E-state index in [0.717, 1.165) is 22.7 Å². The van der Waals surface area contributed by atoms with E-state index in [1.54, 1.807) is 31.4 Å². The van der Waals surface area contributed by atoms with Crippen LogP contribution in [-0.2, 0) is 4.79 Å². The van der Waals surface area contributed by atoms with Crippen molar-refractivity contribution in [1.29, 1.82) is 0 Å². The molecule has 0 saturated heterocycles. The third kappa shape index (κ3) is 5.46. The summed E-state index contributed by atoms with van der Waals surface area (Å²) in [5.41, 5.74) is 2.77. The Morgan fingerprint density at radius 1 is 1.12 bits per heavy atom. The zero-order valence-electron chi connectivity index (χ0n) is 14.7. The van der Waals surface area contributed by atoms with Crippen LogP contribution in [0.4, 0.5) is 11.4 Å². The number of para-hydroxylation sites is 1. The molecule has 0 unspecified atom stereocenters. The van der Waals surface area contributed by atoms with E-state index in [2.05, 4.69) is 10.6 Å². The van der Waals surface area contributed by atoms with Gasteiger partial charge < -0.3 is 20.3 Å². The summed E-state index contributed by atoms with van der Waals surface area (Å²) in [6.45, 7) is 4.79. The molecule has 0 aliphatic heterocycles. The summed E-state index contributed by atoms with van der Waals surface area (Å²) in [5, 5.41) is 6.60. The summed E-state index contributed by atoms with van der Waals surface area (Å²) >= 11 is 5.45. The average Bonchev–Trinajstić information content (AvgIpc) is 2.62. The summed E-state index contributed by atoms with van der Waals surface area (Å²) in [5.74, 6) is 0.623. The van der Waals surface area contributed by atoms with Gasteiger partial charge in [0.15, 0.2) is 5.11 Å². The number of amides is 1. The normalized spacial score (nSPS) is 10.0. The summed E-state index contributed by atoms with van der Waals surface area (Å²) in [6.07, 6.45) is 0. The average molecular weight is 357 g/mol. The van der Waals surface area contributed by atoms with Gasteiger partial charge in [-0.2, -0.15) is 0 Å². The number of anilines is 2. The molecule has 0 bridgehead atoms. The topological polar surface area (TPSA) is 53.6 Å². The van der Waals surface area contributed by atoms with E-state index in [-0.39, 0.29) is 12.5 Å². The van der Waals surface area contributed by atoms with Crippen LogP contribution >= 0.6 is 12.2 Å². The van der Waals surface area contributed by atoms with Crippen molar-refractivity contribution < 1.29 is 9.53 Å². The molecule has 1 amide bonds. The fourth-order valence-electron chi connectivity index (χ4n) is 2.28. The Labute approximate surface area is 154 Å². The Kier molecular flexibility index (Phi) is 6.77. The van der Waals surface area contributed by atoms with Crippen molar-refractivity contribution in [2.75, 3.05) is 30.8 Å². The highest BCUT2D eigenvalue weighted by atomic mass is 32.1. The van der Waals surface area contributed by atoms with Crippen LogP contribution in [0.3, 0.4) is 0 Å². The van der Waals surface area contributed by atoms with E-state index in [9.17, 15) is 4.79 Å². The van der Waals surface area contributed by atoms with E-state index in [4.69, 9.17) is 17.0 Å². The fourth-order valence-corrected chi connectivity index (χ4v) is 2.59. The van der Waals surface area contributed by atoms with Crippen LogP contribution in [0.25, 0.3) is 0 Å². The Hall–Kier alpha value is -2.60. The van der Waals surface area contributed by atoms with Gasteiger partial charge in [-0.25, -0.2) is 0 Å². The zero-order valence-corrected chi connectivity index (χ0v) is 15.5. The Morgan fingerprint density at radius 3 is 2.40 bits per heavy atom. The van der Waals surface area contributed by atoms with Crippen LogP contribution in [0.5, 0.6) is 5.75 Å². The van der Waals surface area contributed by atoms with Crippen molar-refractivity contribution in [3.8, 4) is 5.75 Å². The molecule has 0 fully saturated rings. The summed E-state index contributed by atoms with van der Waals surface area (Å²) < 4.78 is 5.11. The number of likely N-dealkylation sites (N-methyl/N-ethyl adjacent to an activating group) is 1. The van der Waals surface area contributed by atoms with Crippen molar-refractivity contribution in [1.82, 2.24) is 4.90 Å². The Bertz CT molecular complexity index is 732. The van der Waals surface area contributed by atoms with Crippen LogP contribution in [0, 0.1) is 6.92 Å². The predicted molar refractivity (Wildman–Crippen MR) is 106 cm³/mol. The maximum absolute atomic E-state index is 12.3. The largest absolute Gasteiger partial charge is 0.497 e. The highest BCUT2D eigenvalue weighted by molar-refractivity contribution is 7.80. The number of hydrogen-bond acceptors (Lipinski definition) is 3. The third-order valence-electron chi connectivity index (χ3n) is 3.76. The second kappa shape index (κ2) is 9.03. The van der Waals surface area contributed by atoms with Crippen molar-refractivity contribution in [3.63, 3.8) is 0 Å². The summed E-state index contributed by atoms with van der Waals surface area (Å²) in [6, 6.07) is 15.1. The monoisotopic (exact) mass is 357 g/mol. The molecule has 0 aliphatic rings. The van der Waals surface area contributed by atoms with Crippen molar-refractivity contribution in [2.45, 2.75) is 13.8 Å². The molecular formula is C19H23N3O2S. The van der Waals surface area contributed by atoms with Crippen molar-refractivity contribution in [2.24, 2.45) is 0 Å². The lowest BCUT2D eigenvalue weighted by Gasteiger charge is -2.24. The minimum atomic E-state index is -0.124. The minimum absolute atomic E-state index is 0.124. The molecule has 2 rings (SSSR count). The first-order valence-corrected chi connectivity index (χ1v) is 8.49. The third-order valence-corrected chi connectivity index (χ3v) is 4.12. The number of carbonyl (C=O) groups is 1. The number of methoxy groups -OCH3 is 1. The number of nitrogens with zero attached hydrogens (tertiary/aromatic N) is 1. The maximum atomic E-state index is 12.3. The lowest BCUT2D eigenvalue weighted by atomic mass is 10.2. The molecule has 0 aromatic heterocycles. The minimum Gasteiger partial charge on any atom is -0.497 e. The van der Waals surface area contributed by atoms with Gasteiger partial charge in [0.1, 0.15) is 5.75 Å². The van der Waals surface area contributed by atoms with Gasteiger partial charge in [-0.15, -0.1) is 0 Å². The standard InChI is InChI=1S/C19H23N3O2S/c1-4-22(19(25)21-17-8-6-5-7-14(17)2)13-18(23)20-15-9-11-16(24-3)12-10-15/h5-12H,4,13H2,1-3H3,(H,20,23)(H,21,25). The maximum Gasteiger partial charge on any atom is 0.243 e. The molecule has 6 heteroatoms. The number of thiocarbonyl (C=S) groups is 1. The molecule has 5 nitrogen and oxygen atoms in total. The summed E-state index contributed by atoms with van der Waals surface area (Å²) in [4.78, 5) is 14.1. The first kappa shape index (κ1) is 18.7. The van der Waals surface area contributed by atoms with E-state index >= 15 is 0 Å². The highest BCUT2D eigenvalue weighted by Gasteiger charge is 2.13. The number of hydrogen-bond donors (Lipinski definition) is 2. The summed E-state index contributed by atoms with van der Waals surface area (Å²) in [7, 11) is 1.61. The van der Waals surface area contributed by atoms with Gasteiger partial charge in [0.25, 0.3) is 0 Å². The zero-order chi connectivity index (χ0) is 18.2. The van der Waals surface area contributed by atoms with Crippen molar-refractivity contribution in [3.05, 3.63) is 54.1 Å². The first-order chi connectivity index (χ1) is 12.0. The fraction of sp³-hybridized carbons (Fsp3) is 0.263. The SMILES string of the molecule is CCN(CC(=O)Nc1ccc(OC)cc1)C(=S)Nc1ccccc1C. The molecule has 0 saturated carbocycles. The number of benzene rings is 2. The van der Waals surface area contributed by atoms with Crippen molar-refractivity contribution >= 4 is 34.6 Å². The number of ether oxygens (including phenoxy) is 1. The van der Waals surface area contributed by atoms with Gasteiger partial charge in [-0.3, -0.25) is 4.79 Å². The van der Waals surface area contributed by atoms with Gasteiger partial charge in [0, 0.05) is 17.9 Å². The molecule has 2 aromatic carbocycles. The Balaban J connectivity index is 1.94. The molecule has 132 valence electrons. The molecule has 25 heavy (non-hydrogen) atoms. The smallest absolute Gasteiger partial charge is 0.243 e. The molecule has 0 aliphatic carbocycles. The molecule has 0 heterocycles. The lowest BCUT2D eigenvalue weighted by Crippen LogP contribution is -2.40. The Morgan fingerprint density at radius 2 is 1.80 bits per heavy atom. The second-order valence-electron chi connectivity index (χ2n) is 5.54. The van der Waals surface area contributed by atoms with E-state index in [1.807, 2.05) is 43.0 Å². The number of aryl methyl sites for hydroxylation is 1. The van der Waals surface area contributed by atoms with E-state index in [1.165, 1.54) is 0 Å². The van der Waals surface area contributed by atoms with Crippen LogP contribution in [0.15, 0.2) is 48.5 Å². The lowest BCUT2D eigenvalue weighted by molar-refractivity contribution is -0.116. The first-order valence-electron chi connectivity index (χ1n) is 8.09. The van der Waals surface area contributed by atoms with Gasteiger partial charge in [0.05, 0.1) is 13.7 Å². The predicted octanol–water partition coefficient (Wildman–Crippen LogP) is 3.66. The number of rotatable bonds is 6. The molecule has 0 radical (unpaired) electrons.